The second kappa shape index (κ2) is 5.75. The van der Waals surface area contributed by atoms with Gasteiger partial charge < -0.3 is 0 Å². The van der Waals surface area contributed by atoms with Crippen LogP contribution in [0.1, 0.15) is 64.2 Å². The Morgan fingerprint density at radius 3 is 2.47 bits per heavy atom. The Labute approximate surface area is 98.4 Å². The molecule has 0 saturated carbocycles. The first-order chi connectivity index (χ1) is 7.38. The lowest BCUT2D eigenvalue weighted by atomic mass is 9.97. The summed E-state index contributed by atoms with van der Waals surface area (Å²) in [5.41, 5.74) is 3.09. The van der Waals surface area contributed by atoms with Crippen LogP contribution in [0.15, 0.2) is 22.3 Å². The molecular weight excluding hydrogens is 204 g/mol. The van der Waals surface area contributed by atoms with Crippen LogP contribution in [0, 0.1) is 0 Å². The van der Waals surface area contributed by atoms with Crippen molar-refractivity contribution < 1.29 is 0 Å². The minimum Gasteiger partial charge on any atom is -0.0888 e. The summed E-state index contributed by atoms with van der Waals surface area (Å²) in [6, 6.07) is 0. The third kappa shape index (κ3) is 3.11. The summed E-state index contributed by atoms with van der Waals surface area (Å²) < 4.78 is 0. The van der Waals surface area contributed by atoms with Crippen LogP contribution in [0.5, 0.6) is 0 Å². The number of halogens is 1. The third-order valence-corrected chi connectivity index (χ3v) is 4.00. The average molecular weight is 225 g/mol. The minimum absolute atomic E-state index is 1.12. The van der Waals surface area contributed by atoms with E-state index < -0.39 is 0 Å². The second-order valence-electron chi connectivity index (χ2n) is 4.77. The van der Waals surface area contributed by atoms with Crippen molar-refractivity contribution in [2.75, 3.05) is 0 Å². The standard InChI is InChI=1S/C14H21Cl/c15-14-11-7-3-6-10-13(14)12-8-4-1-2-5-9-12/h8H,1-7,9-11H2. The molecule has 2 rings (SSSR count). The Bertz CT molecular complexity index is 273. The van der Waals surface area contributed by atoms with Crippen molar-refractivity contribution in [3.63, 3.8) is 0 Å². The average Bonchev–Trinajstić information content (AvgIpc) is 2.59. The lowest BCUT2D eigenvalue weighted by Gasteiger charge is -2.11. The van der Waals surface area contributed by atoms with Gasteiger partial charge in [0.1, 0.15) is 0 Å². The van der Waals surface area contributed by atoms with Crippen LogP contribution < -0.4 is 0 Å². The maximum absolute atomic E-state index is 6.41. The molecule has 0 amide bonds. The molecule has 2 aliphatic carbocycles. The second-order valence-corrected chi connectivity index (χ2v) is 5.23. The predicted molar refractivity (Wildman–Crippen MR) is 67.1 cm³/mol. The lowest BCUT2D eigenvalue weighted by Crippen LogP contribution is -1.92. The van der Waals surface area contributed by atoms with Gasteiger partial charge in [-0.15, -0.1) is 0 Å². The summed E-state index contributed by atoms with van der Waals surface area (Å²) in [6.45, 7) is 0. The van der Waals surface area contributed by atoms with Gasteiger partial charge in [0.25, 0.3) is 0 Å². The van der Waals surface area contributed by atoms with Gasteiger partial charge in [0.05, 0.1) is 0 Å². The number of hydrogen-bond acceptors (Lipinski definition) is 0. The molecule has 0 aliphatic heterocycles. The van der Waals surface area contributed by atoms with Crippen molar-refractivity contribution >= 4 is 11.6 Å². The number of hydrogen-bond donors (Lipinski definition) is 0. The fraction of sp³-hybridized carbons (Fsp3) is 0.714. The van der Waals surface area contributed by atoms with E-state index in [1.807, 2.05) is 0 Å². The van der Waals surface area contributed by atoms with Crippen LogP contribution in [-0.4, -0.2) is 0 Å². The maximum atomic E-state index is 6.41. The maximum Gasteiger partial charge on any atom is 0.0215 e. The minimum atomic E-state index is 1.12. The topological polar surface area (TPSA) is 0 Å². The van der Waals surface area contributed by atoms with E-state index in [4.69, 9.17) is 11.6 Å². The normalized spacial score (nSPS) is 24.5. The van der Waals surface area contributed by atoms with Gasteiger partial charge in [-0.3, -0.25) is 0 Å². The van der Waals surface area contributed by atoms with Crippen LogP contribution in [0.3, 0.4) is 0 Å². The molecule has 0 N–H and O–H groups in total. The zero-order valence-corrected chi connectivity index (χ0v) is 10.3. The smallest absolute Gasteiger partial charge is 0.0215 e. The quantitative estimate of drug-likeness (QED) is 0.565. The van der Waals surface area contributed by atoms with E-state index in [1.165, 1.54) is 68.4 Å². The van der Waals surface area contributed by atoms with E-state index >= 15 is 0 Å². The zero-order valence-electron chi connectivity index (χ0n) is 9.53. The van der Waals surface area contributed by atoms with Crippen molar-refractivity contribution in [3.8, 4) is 0 Å². The van der Waals surface area contributed by atoms with Crippen molar-refractivity contribution in [1.82, 2.24) is 0 Å². The van der Waals surface area contributed by atoms with Gasteiger partial charge in [-0.1, -0.05) is 30.5 Å². The Balaban J connectivity index is 2.15. The van der Waals surface area contributed by atoms with Crippen LogP contribution >= 0.6 is 11.6 Å². The van der Waals surface area contributed by atoms with Gasteiger partial charge in [0, 0.05) is 5.03 Å². The van der Waals surface area contributed by atoms with Crippen molar-refractivity contribution in [2.24, 2.45) is 0 Å². The Morgan fingerprint density at radius 1 is 0.800 bits per heavy atom. The van der Waals surface area contributed by atoms with Crippen molar-refractivity contribution in [1.29, 1.82) is 0 Å². The molecule has 0 heterocycles. The highest BCUT2D eigenvalue weighted by Gasteiger charge is 2.14. The molecule has 15 heavy (non-hydrogen) atoms. The summed E-state index contributed by atoms with van der Waals surface area (Å²) in [5, 5.41) is 1.17. The highest BCUT2D eigenvalue weighted by atomic mass is 35.5. The molecule has 0 nitrogen and oxygen atoms in total. The molecular formula is C14H21Cl. The zero-order chi connectivity index (χ0) is 10.5. The highest BCUT2D eigenvalue weighted by molar-refractivity contribution is 6.30. The van der Waals surface area contributed by atoms with E-state index in [1.54, 1.807) is 5.57 Å². The molecule has 2 aliphatic rings. The fourth-order valence-corrected chi connectivity index (χ4v) is 3.02. The molecule has 0 bridgehead atoms. The van der Waals surface area contributed by atoms with Crippen molar-refractivity contribution in [3.05, 3.63) is 22.3 Å². The first-order valence-corrected chi connectivity index (χ1v) is 6.82. The number of allylic oxidation sites excluding steroid dienone is 4. The molecule has 0 aromatic carbocycles. The largest absolute Gasteiger partial charge is 0.0888 e. The van der Waals surface area contributed by atoms with Crippen molar-refractivity contribution in [2.45, 2.75) is 64.2 Å². The van der Waals surface area contributed by atoms with E-state index in [9.17, 15) is 0 Å². The SMILES string of the molecule is ClC1=C(C2=CCCCCC2)CCCCC1. The monoisotopic (exact) mass is 224 g/mol. The summed E-state index contributed by atoms with van der Waals surface area (Å²) in [4.78, 5) is 0. The van der Waals surface area contributed by atoms with Gasteiger partial charge in [-0.25, -0.2) is 0 Å². The predicted octanol–water partition coefficient (Wildman–Crippen LogP) is 5.33. The van der Waals surface area contributed by atoms with Crippen LogP contribution in [0.2, 0.25) is 0 Å². The molecule has 0 aromatic rings. The van der Waals surface area contributed by atoms with E-state index in [-0.39, 0.29) is 0 Å². The first-order valence-electron chi connectivity index (χ1n) is 6.45. The van der Waals surface area contributed by atoms with Gasteiger partial charge in [-0.05, 0) is 62.5 Å². The first kappa shape index (κ1) is 11.3. The fourth-order valence-electron chi connectivity index (χ4n) is 2.67. The van der Waals surface area contributed by atoms with Crippen LogP contribution in [-0.2, 0) is 0 Å². The van der Waals surface area contributed by atoms with Gasteiger partial charge >= 0.3 is 0 Å². The molecule has 84 valence electrons. The number of rotatable bonds is 1. The summed E-state index contributed by atoms with van der Waals surface area (Å²) in [5.74, 6) is 0. The van der Waals surface area contributed by atoms with Gasteiger partial charge in [0.15, 0.2) is 0 Å². The summed E-state index contributed by atoms with van der Waals surface area (Å²) in [6.07, 6.45) is 15.4. The lowest BCUT2D eigenvalue weighted by molar-refractivity contribution is 0.699. The molecule has 0 fully saturated rings. The molecule has 0 atom stereocenters. The molecule has 0 aromatic heterocycles. The van der Waals surface area contributed by atoms with Crippen LogP contribution in [0.25, 0.3) is 0 Å². The molecule has 1 heteroatoms. The molecule has 0 saturated heterocycles. The Kier molecular flexibility index (Phi) is 4.31. The van der Waals surface area contributed by atoms with E-state index in [0.717, 1.165) is 6.42 Å². The molecule has 0 unspecified atom stereocenters. The Morgan fingerprint density at radius 2 is 1.53 bits per heavy atom. The summed E-state index contributed by atoms with van der Waals surface area (Å²) >= 11 is 6.41. The summed E-state index contributed by atoms with van der Waals surface area (Å²) in [7, 11) is 0. The Hall–Kier alpha value is -0.230. The van der Waals surface area contributed by atoms with Gasteiger partial charge in [0.2, 0.25) is 0 Å². The van der Waals surface area contributed by atoms with Crippen LogP contribution in [0.4, 0.5) is 0 Å². The molecule has 0 radical (unpaired) electrons. The van der Waals surface area contributed by atoms with Gasteiger partial charge in [-0.2, -0.15) is 0 Å². The molecule has 0 spiro atoms. The third-order valence-electron chi connectivity index (χ3n) is 3.58. The van der Waals surface area contributed by atoms with E-state index in [2.05, 4.69) is 6.08 Å². The van der Waals surface area contributed by atoms with E-state index in [0.29, 0.717) is 0 Å². The highest BCUT2D eigenvalue weighted by Crippen LogP contribution is 2.34.